The van der Waals surface area contributed by atoms with Crippen LogP contribution in [0.3, 0.4) is 0 Å². The van der Waals surface area contributed by atoms with Gasteiger partial charge in [-0.3, -0.25) is 4.79 Å². The predicted molar refractivity (Wildman–Crippen MR) is 286 cm³/mol. The van der Waals surface area contributed by atoms with Crippen molar-refractivity contribution in [3.05, 3.63) is 12.2 Å². The van der Waals surface area contributed by atoms with Gasteiger partial charge in [0.25, 0.3) is 0 Å². The van der Waals surface area contributed by atoms with Crippen molar-refractivity contribution >= 4 is 5.91 Å². The van der Waals surface area contributed by atoms with E-state index in [0.29, 0.717) is 6.42 Å². The molecule has 2 rings (SSSR count). The Labute approximate surface area is 437 Å². The first kappa shape index (κ1) is 66.8. The standard InChI is InChI=1S/C58H111NO13/c1-3-5-7-9-11-13-15-16-17-18-19-20-21-22-23-24-25-26-27-28-29-30-31-32-34-36-38-40-42-50(63)59-46(47(62)41-39-37-35-33-14-12-10-8-6-4-2)45-69-57-55(68)53(66)56(49(44-61)71-57)72-58-54(67)52(65)51(64)48(43-60)70-58/h39,41,46-49,51-58,60-62,64-68H,3-38,40,42-45H2,1-2H3,(H,59,63)/b41-39+. The molecule has 72 heavy (non-hydrogen) atoms. The molecule has 2 fully saturated rings. The molecular weight excluding hydrogens is 919 g/mol. The Morgan fingerprint density at radius 2 is 0.861 bits per heavy atom. The lowest BCUT2D eigenvalue weighted by molar-refractivity contribution is -0.359. The van der Waals surface area contributed by atoms with E-state index in [1.807, 2.05) is 6.08 Å². The first-order valence-corrected chi connectivity index (χ1v) is 29.9. The van der Waals surface area contributed by atoms with Crippen LogP contribution >= 0.6 is 0 Å². The molecule has 0 radical (unpaired) electrons. The van der Waals surface area contributed by atoms with Crippen molar-refractivity contribution in [2.75, 3.05) is 19.8 Å². The zero-order valence-corrected chi connectivity index (χ0v) is 45.7. The van der Waals surface area contributed by atoms with Crippen LogP contribution in [-0.4, -0.2) is 140 Å². The van der Waals surface area contributed by atoms with Gasteiger partial charge in [-0.1, -0.05) is 244 Å². The van der Waals surface area contributed by atoms with Gasteiger partial charge in [0.05, 0.1) is 32.0 Å². The summed E-state index contributed by atoms with van der Waals surface area (Å²) in [5, 5.41) is 86.8. The van der Waals surface area contributed by atoms with E-state index in [4.69, 9.17) is 18.9 Å². The number of hydrogen-bond donors (Lipinski definition) is 9. The summed E-state index contributed by atoms with van der Waals surface area (Å²) in [7, 11) is 0. The molecule has 2 aliphatic heterocycles. The number of carbonyl (C=O) groups excluding carboxylic acids is 1. The molecular formula is C58H111NO13. The van der Waals surface area contributed by atoms with Crippen molar-refractivity contribution in [2.24, 2.45) is 0 Å². The number of amides is 1. The number of carbonyl (C=O) groups is 1. The fraction of sp³-hybridized carbons (Fsp3) is 0.948. The zero-order chi connectivity index (χ0) is 52.4. The number of nitrogens with one attached hydrogen (secondary N) is 1. The summed E-state index contributed by atoms with van der Waals surface area (Å²) in [6.45, 7) is 2.79. The van der Waals surface area contributed by atoms with Gasteiger partial charge in [-0.25, -0.2) is 0 Å². The lowest BCUT2D eigenvalue weighted by Crippen LogP contribution is -2.65. The van der Waals surface area contributed by atoms with Gasteiger partial charge in [0, 0.05) is 6.42 Å². The highest BCUT2D eigenvalue weighted by molar-refractivity contribution is 5.76. The molecule has 14 nitrogen and oxygen atoms in total. The third-order valence-electron chi connectivity index (χ3n) is 15.0. The number of rotatable bonds is 48. The Morgan fingerprint density at radius 3 is 1.28 bits per heavy atom. The van der Waals surface area contributed by atoms with Gasteiger partial charge >= 0.3 is 0 Å². The molecule has 426 valence electrons. The van der Waals surface area contributed by atoms with Crippen LogP contribution in [0.1, 0.15) is 258 Å². The van der Waals surface area contributed by atoms with Crippen molar-refractivity contribution in [3.63, 3.8) is 0 Å². The molecule has 0 aliphatic carbocycles. The minimum absolute atomic E-state index is 0.236. The maximum Gasteiger partial charge on any atom is 0.220 e. The van der Waals surface area contributed by atoms with Crippen LogP contribution in [0.4, 0.5) is 0 Å². The lowest BCUT2D eigenvalue weighted by atomic mass is 9.97. The number of aliphatic hydroxyl groups excluding tert-OH is 8. The summed E-state index contributed by atoms with van der Waals surface area (Å²) >= 11 is 0. The average molecular weight is 1030 g/mol. The van der Waals surface area contributed by atoms with Crippen LogP contribution < -0.4 is 5.32 Å². The minimum atomic E-state index is -1.78. The zero-order valence-electron chi connectivity index (χ0n) is 45.7. The third kappa shape index (κ3) is 30.5. The SMILES string of the molecule is CCCCCCCCCC/C=C/C(O)C(COC1OC(CO)C(OC2OC(CO)C(O)C(O)C2O)C(O)C1O)NC(=O)CCCCCCCCCCCCCCCCCCCCCCCCCCCCCC. The molecule has 14 heteroatoms. The van der Waals surface area contributed by atoms with E-state index in [-0.39, 0.29) is 18.9 Å². The van der Waals surface area contributed by atoms with Crippen molar-refractivity contribution < 1.29 is 64.6 Å². The predicted octanol–water partition coefficient (Wildman–Crippen LogP) is 9.89. The van der Waals surface area contributed by atoms with Gasteiger partial charge < -0.3 is 65.1 Å². The fourth-order valence-corrected chi connectivity index (χ4v) is 10.1. The Bertz CT molecular complexity index is 1260. The molecule has 12 atom stereocenters. The lowest BCUT2D eigenvalue weighted by Gasteiger charge is -2.46. The number of aliphatic hydroxyl groups is 8. The second-order valence-corrected chi connectivity index (χ2v) is 21.5. The Morgan fingerprint density at radius 1 is 0.486 bits per heavy atom. The first-order chi connectivity index (χ1) is 35.1. The summed E-state index contributed by atoms with van der Waals surface area (Å²) < 4.78 is 22.7. The molecule has 2 saturated heterocycles. The largest absolute Gasteiger partial charge is 0.394 e. The minimum Gasteiger partial charge on any atom is -0.394 e. The van der Waals surface area contributed by atoms with Gasteiger partial charge in [0.15, 0.2) is 12.6 Å². The topological polar surface area (TPSA) is 228 Å². The molecule has 0 spiro atoms. The number of unbranched alkanes of at least 4 members (excludes halogenated alkanes) is 35. The van der Waals surface area contributed by atoms with Crippen LogP contribution in [0.2, 0.25) is 0 Å². The van der Waals surface area contributed by atoms with Crippen LogP contribution in [0.5, 0.6) is 0 Å². The van der Waals surface area contributed by atoms with Gasteiger partial charge in [-0.2, -0.15) is 0 Å². The van der Waals surface area contributed by atoms with E-state index in [2.05, 4.69) is 19.2 Å². The van der Waals surface area contributed by atoms with Crippen molar-refractivity contribution in [1.29, 1.82) is 0 Å². The molecule has 12 unspecified atom stereocenters. The summed E-state index contributed by atoms with van der Waals surface area (Å²) in [4.78, 5) is 13.2. The monoisotopic (exact) mass is 1030 g/mol. The Balaban J connectivity index is 1.65. The summed E-state index contributed by atoms with van der Waals surface area (Å²) in [5.41, 5.74) is 0. The van der Waals surface area contributed by atoms with E-state index in [1.165, 1.54) is 193 Å². The highest BCUT2D eigenvalue weighted by Gasteiger charge is 2.51. The van der Waals surface area contributed by atoms with Gasteiger partial charge in [0.2, 0.25) is 5.91 Å². The second kappa shape index (κ2) is 44.8. The molecule has 0 aromatic carbocycles. The number of allylic oxidation sites excluding steroid dienone is 1. The van der Waals surface area contributed by atoms with Crippen LogP contribution in [0, 0.1) is 0 Å². The average Bonchev–Trinajstić information content (AvgIpc) is 3.38. The molecule has 2 heterocycles. The number of ether oxygens (including phenoxy) is 4. The second-order valence-electron chi connectivity index (χ2n) is 21.5. The Kier molecular flexibility index (Phi) is 41.6. The van der Waals surface area contributed by atoms with E-state index < -0.39 is 86.8 Å². The molecule has 0 aromatic heterocycles. The molecule has 2 aliphatic rings. The van der Waals surface area contributed by atoms with E-state index in [1.54, 1.807) is 6.08 Å². The maximum absolute atomic E-state index is 13.2. The van der Waals surface area contributed by atoms with Gasteiger partial charge in [-0.15, -0.1) is 0 Å². The van der Waals surface area contributed by atoms with E-state index in [9.17, 15) is 45.6 Å². The van der Waals surface area contributed by atoms with Crippen LogP contribution in [0.15, 0.2) is 12.2 Å². The summed E-state index contributed by atoms with van der Waals surface area (Å²) in [5.74, 6) is -0.236. The maximum atomic E-state index is 13.2. The summed E-state index contributed by atoms with van der Waals surface area (Å²) in [6.07, 6.45) is 34.3. The third-order valence-corrected chi connectivity index (χ3v) is 15.0. The van der Waals surface area contributed by atoms with Crippen molar-refractivity contribution in [3.8, 4) is 0 Å². The van der Waals surface area contributed by atoms with Crippen molar-refractivity contribution in [2.45, 2.75) is 331 Å². The van der Waals surface area contributed by atoms with Crippen molar-refractivity contribution in [1.82, 2.24) is 5.32 Å². The number of hydrogen-bond acceptors (Lipinski definition) is 13. The Hall–Kier alpha value is -1.27. The van der Waals surface area contributed by atoms with Crippen LogP contribution in [-0.2, 0) is 23.7 Å². The molecule has 0 saturated carbocycles. The first-order valence-electron chi connectivity index (χ1n) is 29.9. The van der Waals surface area contributed by atoms with E-state index in [0.717, 1.165) is 38.5 Å². The van der Waals surface area contributed by atoms with Crippen LogP contribution in [0.25, 0.3) is 0 Å². The van der Waals surface area contributed by atoms with E-state index >= 15 is 0 Å². The summed E-state index contributed by atoms with van der Waals surface area (Å²) in [6, 6.07) is -0.908. The molecule has 1 amide bonds. The van der Waals surface area contributed by atoms with Gasteiger partial charge in [-0.05, 0) is 19.3 Å². The quantitative estimate of drug-likeness (QED) is 0.0205. The smallest absolute Gasteiger partial charge is 0.220 e. The van der Waals surface area contributed by atoms with Gasteiger partial charge in [0.1, 0.15) is 48.8 Å². The normalized spacial score (nSPS) is 25.6. The highest BCUT2D eigenvalue weighted by Crippen LogP contribution is 2.30. The molecule has 0 bridgehead atoms. The highest BCUT2D eigenvalue weighted by atomic mass is 16.7. The fourth-order valence-electron chi connectivity index (χ4n) is 10.1. The molecule has 9 N–H and O–H groups in total. The molecule has 0 aromatic rings.